The first-order chi connectivity index (χ1) is 6.45. The minimum atomic E-state index is 0.773. The molecule has 0 spiro atoms. The van der Waals surface area contributed by atoms with Crippen LogP contribution in [0.4, 0.5) is 0 Å². The molecule has 1 N–H and O–H groups in total. The molecule has 1 fully saturated rings. The molecule has 1 aliphatic carbocycles. The lowest BCUT2D eigenvalue weighted by molar-refractivity contribution is 0.474. The summed E-state index contributed by atoms with van der Waals surface area (Å²) in [6, 6.07) is 4.76. The van der Waals surface area contributed by atoms with Crippen molar-refractivity contribution in [2.45, 2.75) is 38.1 Å². The van der Waals surface area contributed by atoms with Crippen molar-refractivity contribution in [2.24, 2.45) is 0 Å². The van der Waals surface area contributed by atoms with Crippen molar-refractivity contribution in [1.82, 2.24) is 5.32 Å². The molecular formula is C11H17NO. The highest BCUT2D eigenvalue weighted by atomic mass is 16.3. The van der Waals surface area contributed by atoms with Crippen LogP contribution in [0.1, 0.15) is 31.4 Å². The molecule has 0 aliphatic heterocycles. The third-order valence-corrected chi connectivity index (χ3v) is 2.74. The second-order valence-electron chi connectivity index (χ2n) is 3.76. The maximum absolute atomic E-state index is 5.26. The Bertz CT molecular complexity index is 224. The summed E-state index contributed by atoms with van der Waals surface area (Å²) in [6.45, 7) is 1.05. The van der Waals surface area contributed by atoms with Crippen LogP contribution in [0.2, 0.25) is 0 Å². The molecule has 2 nitrogen and oxygen atoms in total. The fourth-order valence-corrected chi connectivity index (χ4v) is 1.98. The molecule has 13 heavy (non-hydrogen) atoms. The molecule has 0 radical (unpaired) electrons. The van der Waals surface area contributed by atoms with Crippen LogP contribution in [0.3, 0.4) is 0 Å². The molecule has 0 atom stereocenters. The summed E-state index contributed by atoms with van der Waals surface area (Å²) in [6.07, 6.45) is 8.28. The van der Waals surface area contributed by atoms with Crippen LogP contribution in [0.15, 0.2) is 22.8 Å². The van der Waals surface area contributed by atoms with Gasteiger partial charge in [-0.15, -0.1) is 0 Å². The average Bonchev–Trinajstić information content (AvgIpc) is 2.75. The van der Waals surface area contributed by atoms with Crippen LogP contribution in [0.5, 0.6) is 0 Å². The van der Waals surface area contributed by atoms with E-state index in [0.29, 0.717) is 0 Å². The predicted molar refractivity (Wildman–Crippen MR) is 52.7 cm³/mol. The molecule has 2 rings (SSSR count). The van der Waals surface area contributed by atoms with E-state index >= 15 is 0 Å². The lowest BCUT2D eigenvalue weighted by Crippen LogP contribution is -2.27. The molecule has 0 aromatic carbocycles. The SMILES string of the molecule is c1coc(CCNC2CCCC2)c1. The number of nitrogens with one attached hydrogen (secondary N) is 1. The van der Waals surface area contributed by atoms with Crippen LogP contribution in [-0.2, 0) is 6.42 Å². The zero-order valence-corrected chi connectivity index (χ0v) is 7.96. The van der Waals surface area contributed by atoms with Crippen molar-refractivity contribution in [3.05, 3.63) is 24.2 Å². The van der Waals surface area contributed by atoms with Gasteiger partial charge in [-0.05, 0) is 25.0 Å². The summed E-state index contributed by atoms with van der Waals surface area (Å²) in [4.78, 5) is 0. The highest BCUT2D eigenvalue weighted by Crippen LogP contribution is 2.17. The minimum absolute atomic E-state index is 0.773. The van der Waals surface area contributed by atoms with E-state index in [1.807, 2.05) is 12.1 Å². The van der Waals surface area contributed by atoms with Gasteiger partial charge >= 0.3 is 0 Å². The van der Waals surface area contributed by atoms with E-state index in [2.05, 4.69) is 5.32 Å². The van der Waals surface area contributed by atoms with E-state index in [4.69, 9.17) is 4.42 Å². The predicted octanol–water partition coefficient (Wildman–Crippen LogP) is 2.35. The van der Waals surface area contributed by atoms with E-state index in [0.717, 1.165) is 24.8 Å². The second-order valence-corrected chi connectivity index (χ2v) is 3.76. The third kappa shape index (κ3) is 2.59. The highest BCUT2D eigenvalue weighted by Gasteiger charge is 2.13. The first-order valence-electron chi connectivity index (χ1n) is 5.21. The van der Waals surface area contributed by atoms with Gasteiger partial charge in [-0.25, -0.2) is 0 Å². The maximum atomic E-state index is 5.26. The average molecular weight is 179 g/mol. The molecule has 2 heteroatoms. The maximum Gasteiger partial charge on any atom is 0.105 e. The van der Waals surface area contributed by atoms with Crippen molar-refractivity contribution < 1.29 is 4.42 Å². The van der Waals surface area contributed by atoms with Gasteiger partial charge in [0.15, 0.2) is 0 Å². The van der Waals surface area contributed by atoms with Gasteiger partial charge in [0.05, 0.1) is 6.26 Å². The monoisotopic (exact) mass is 179 g/mol. The van der Waals surface area contributed by atoms with E-state index in [-0.39, 0.29) is 0 Å². The van der Waals surface area contributed by atoms with Crippen molar-refractivity contribution in [3.8, 4) is 0 Å². The summed E-state index contributed by atoms with van der Waals surface area (Å²) in [5, 5.41) is 3.56. The summed E-state index contributed by atoms with van der Waals surface area (Å²) < 4.78 is 5.26. The van der Waals surface area contributed by atoms with Gasteiger partial charge in [0.1, 0.15) is 5.76 Å². The van der Waals surface area contributed by atoms with E-state index in [9.17, 15) is 0 Å². The first kappa shape index (κ1) is 8.82. The van der Waals surface area contributed by atoms with Gasteiger partial charge in [0, 0.05) is 19.0 Å². The number of furan rings is 1. The van der Waals surface area contributed by atoms with Crippen LogP contribution >= 0.6 is 0 Å². The molecule has 1 heterocycles. The fraction of sp³-hybridized carbons (Fsp3) is 0.636. The summed E-state index contributed by atoms with van der Waals surface area (Å²) >= 11 is 0. The molecule has 1 aliphatic rings. The molecule has 72 valence electrons. The Hall–Kier alpha value is -0.760. The van der Waals surface area contributed by atoms with Gasteiger partial charge in [0.25, 0.3) is 0 Å². The Labute approximate surface area is 79.3 Å². The van der Waals surface area contributed by atoms with Crippen LogP contribution in [0, 0.1) is 0 Å². The Balaban J connectivity index is 1.63. The number of hydrogen-bond donors (Lipinski definition) is 1. The topological polar surface area (TPSA) is 25.2 Å². The van der Waals surface area contributed by atoms with Gasteiger partial charge in [-0.2, -0.15) is 0 Å². The summed E-state index contributed by atoms with van der Waals surface area (Å²) in [7, 11) is 0. The first-order valence-corrected chi connectivity index (χ1v) is 5.21. The van der Waals surface area contributed by atoms with Gasteiger partial charge < -0.3 is 9.73 Å². The molecule has 0 unspecified atom stereocenters. The molecular weight excluding hydrogens is 162 g/mol. The number of hydrogen-bond acceptors (Lipinski definition) is 2. The molecule has 1 saturated carbocycles. The lowest BCUT2D eigenvalue weighted by Gasteiger charge is -2.10. The lowest BCUT2D eigenvalue weighted by atomic mass is 10.2. The quantitative estimate of drug-likeness (QED) is 0.767. The Morgan fingerprint density at radius 3 is 2.92 bits per heavy atom. The summed E-state index contributed by atoms with van der Waals surface area (Å²) in [5.41, 5.74) is 0. The van der Waals surface area contributed by atoms with Gasteiger partial charge in [-0.1, -0.05) is 12.8 Å². The molecule has 0 saturated heterocycles. The zero-order chi connectivity index (χ0) is 8.93. The van der Waals surface area contributed by atoms with Crippen molar-refractivity contribution in [1.29, 1.82) is 0 Å². The molecule has 1 aromatic heterocycles. The highest BCUT2D eigenvalue weighted by molar-refractivity contribution is 4.98. The summed E-state index contributed by atoms with van der Waals surface area (Å²) in [5.74, 6) is 1.09. The van der Waals surface area contributed by atoms with Crippen LogP contribution in [-0.4, -0.2) is 12.6 Å². The normalized spacial score (nSPS) is 18.2. The second kappa shape index (κ2) is 4.47. The van der Waals surface area contributed by atoms with Crippen LogP contribution in [0.25, 0.3) is 0 Å². The van der Waals surface area contributed by atoms with Gasteiger partial charge in [0.2, 0.25) is 0 Å². The standard InChI is InChI=1S/C11H17NO/c1-2-5-10(4-1)12-8-7-11-6-3-9-13-11/h3,6,9-10,12H,1-2,4-5,7-8H2. The molecule has 0 bridgehead atoms. The van der Waals surface area contributed by atoms with Crippen molar-refractivity contribution in [2.75, 3.05) is 6.54 Å². The minimum Gasteiger partial charge on any atom is -0.469 e. The smallest absolute Gasteiger partial charge is 0.105 e. The largest absolute Gasteiger partial charge is 0.469 e. The van der Waals surface area contributed by atoms with Crippen molar-refractivity contribution >= 4 is 0 Å². The molecule has 1 aromatic rings. The van der Waals surface area contributed by atoms with Crippen LogP contribution < -0.4 is 5.32 Å². The Kier molecular flexibility index (Phi) is 3.03. The van der Waals surface area contributed by atoms with E-state index in [1.165, 1.54) is 25.7 Å². The third-order valence-electron chi connectivity index (χ3n) is 2.74. The van der Waals surface area contributed by atoms with Gasteiger partial charge in [-0.3, -0.25) is 0 Å². The molecule has 0 amide bonds. The van der Waals surface area contributed by atoms with E-state index < -0.39 is 0 Å². The Morgan fingerprint density at radius 1 is 1.38 bits per heavy atom. The Morgan fingerprint density at radius 2 is 2.23 bits per heavy atom. The van der Waals surface area contributed by atoms with Crippen molar-refractivity contribution in [3.63, 3.8) is 0 Å². The van der Waals surface area contributed by atoms with E-state index in [1.54, 1.807) is 6.26 Å². The number of rotatable bonds is 4. The fourth-order valence-electron chi connectivity index (χ4n) is 1.98. The zero-order valence-electron chi connectivity index (χ0n) is 7.96.